The molecule has 0 spiro atoms. The lowest BCUT2D eigenvalue weighted by Crippen LogP contribution is -2.02. The zero-order chi connectivity index (χ0) is 37.4. The molecule has 0 radical (unpaired) electrons. The Kier molecular flexibility index (Phi) is 35.2. The van der Waals surface area contributed by atoms with Crippen LogP contribution in [0, 0.1) is 0 Å². The summed E-state index contributed by atoms with van der Waals surface area (Å²) in [6.07, 6.45) is 49.2. The van der Waals surface area contributed by atoms with E-state index in [0.29, 0.717) is 13.2 Å². The average Bonchev–Trinajstić information content (AvgIpc) is 3.16. The van der Waals surface area contributed by atoms with E-state index >= 15 is 0 Å². The van der Waals surface area contributed by atoms with Gasteiger partial charge in [-0.25, -0.2) is 9.59 Å². The van der Waals surface area contributed by atoms with Gasteiger partial charge in [0.15, 0.2) is 0 Å². The van der Waals surface area contributed by atoms with E-state index < -0.39 is 0 Å². The summed E-state index contributed by atoms with van der Waals surface area (Å²) in [5.41, 5.74) is 1.84. The van der Waals surface area contributed by atoms with Crippen LogP contribution in [0.3, 0.4) is 0 Å². The third-order valence-corrected chi connectivity index (χ3v) is 10.2. The second-order valence-corrected chi connectivity index (χ2v) is 15.3. The largest absolute Gasteiger partial charge is 0.463 e. The SMILES string of the molecule is CCCCCCCCCCCCCCCCCCOC(=O)/C=C/c1ccc(/C=C/C(=O)OCCCCCCCCCCCCCCCCCC)cc1. The van der Waals surface area contributed by atoms with Crippen LogP contribution in [0.1, 0.15) is 230 Å². The fourth-order valence-corrected chi connectivity index (χ4v) is 6.79. The van der Waals surface area contributed by atoms with Crippen molar-refractivity contribution < 1.29 is 19.1 Å². The van der Waals surface area contributed by atoms with Crippen LogP contribution in [-0.4, -0.2) is 25.2 Å². The molecule has 0 aliphatic rings. The number of carbonyl (C=O) groups is 2. The topological polar surface area (TPSA) is 52.6 Å². The van der Waals surface area contributed by atoms with Crippen LogP contribution >= 0.6 is 0 Å². The van der Waals surface area contributed by atoms with Crippen molar-refractivity contribution >= 4 is 24.1 Å². The molecule has 0 saturated heterocycles. The Morgan fingerprint density at radius 3 is 0.808 bits per heavy atom. The first-order valence-corrected chi connectivity index (χ1v) is 22.5. The maximum absolute atomic E-state index is 12.1. The minimum atomic E-state index is -0.294. The molecule has 0 aromatic heterocycles. The first-order chi connectivity index (χ1) is 25.7. The van der Waals surface area contributed by atoms with E-state index in [4.69, 9.17) is 9.47 Å². The number of ether oxygens (including phenoxy) is 2. The molecule has 0 saturated carbocycles. The quantitative estimate of drug-likeness (QED) is 0.0387. The Labute approximate surface area is 322 Å². The highest BCUT2D eigenvalue weighted by molar-refractivity contribution is 5.88. The predicted octanol–water partition coefficient (Wildman–Crippen LogP) is 15.3. The summed E-state index contributed by atoms with van der Waals surface area (Å²) in [6.45, 7) is 5.54. The summed E-state index contributed by atoms with van der Waals surface area (Å²) in [4.78, 5) is 24.2. The van der Waals surface area contributed by atoms with Crippen molar-refractivity contribution in [2.75, 3.05) is 13.2 Å². The van der Waals surface area contributed by atoms with Crippen LogP contribution in [-0.2, 0) is 19.1 Å². The smallest absolute Gasteiger partial charge is 0.330 e. The third kappa shape index (κ3) is 33.5. The van der Waals surface area contributed by atoms with Gasteiger partial charge in [-0.15, -0.1) is 0 Å². The van der Waals surface area contributed by atoms with Crippen LogP contribution in [0.15, 0.2) is 36.4 Å². The maximum atomic E-state index is 12.1. The highest BCUT2D eigenvalue weighted by atomic mass is 16.5. The molecule has 0 aliphatic heterocycles. The first kappa shape index (κ1) is 47.7. The van der Waals surface area contributed by atoms with Gasteiger partial charge in [0.2, 0.25) is 0 Å². The van der Waals surface area contributed by atoms with Gasteiger partial charge in [-0.2, -0.15) is 0 Å². The fourth-order valence-electron chi connectivity index (χ4n) is 6.79. The first-order valence-electron chi connectivity index (χ1n) is 22.5. The lowest BCUT2D eigenvalue weighted by atomic mass is 10.0. The van der Waals surface area contributed by atoms with E-state index in [2.05, 4.69) is 13.8 Å². The lowest BCUT2D eigenvalue weighted by Gasteiger charge is -2.04. The van der Waals surface area contributed by atoms with E-state index in [-0.39, 0.29) is 11.9 Å². The van der Waals surface area contributed by atoms with Crippen LogP contribution in [0.2, 0.25) is 0 Å². The molecular weight excluding hydrogens is 641 g/mol. The Balaban J connectivity index is 1.94. The van der Waals surface area contributed by atoms with Crippen molar-refractivity contribution in [3.05, 3.63) is 47.5 Å². The zero-order valence-corrected chi connectivity index (χ0v) is 34.3. The Bertz CT molecular complexity index is 900. The van der Waals surface area contributed by atoms with Gasteiger partial charge in [0, 0.05) is 12.2 Å². The van der Waals surface area contributed by atoms with E-state index in [1.807, 2.05) is 24.3 Å². The van der Waals surface area contributed by atoms with Crippen LogP contribution in [0.5, 0.6) is 0 Å². The highest BCUT2D eigenvalue weighted by Gasteiger charge is 2.01. The molecule has 4 nitrogen and oxygen atoms in total. The van der Waals surface area contributed by atoms with Crippen molar-refractivity contribution in [1.29, 1.82) is 0 Å². The summed E-state index contributed by atoms with van der Waals surface area (Å²) >= 11 is 0. The number of hydrogen-bond donors (Lipinski definition) is 0. The van der Waals surface area contributed by atoms with E-state index in [1.165, 1.54) is 192 Å². The standard InChI is InChI=1S/C48H82O4/c1-3-5-7-9-11-13-15-17-19-21-23-25-27-29-31-33-43-51-47(49)41-39-45-35-37-46(38-36-45)40-42-48(50)52-44-34-32-30-28-26-24-22-20-18-16-14-12-10-8-6-4-2/h35-42H,3-34,43-44H2,1-2H3/b41-39+,42-40+. The van der Waals surface area contributed by atoms with Crippen molar-refractivity contribution in [2.45, 2.75) is 219 Å². The molecule has 0 N–H and O–H groups in total. The maximum Gasteiger partial charge on any atom is 0.330 e. The van der Waals surface area contributed by atoms with Gasteiger partial charge in [-0.1, -0.05) is 231 Å². The molecule has 0 fully saturated rings. The number of hydrogen-bond acceptors (Lipinski definition) is 4. The van der Waals surface area contributed by atoms with Gasteiger partial charge in [0.25, 0.3) is 0 Å². The van der Waals surface area contributed by atoms with Crippen molar-refractivity contribution in [3.8, 4) is 0 Å². The third-order valence-electron chi connectivity index (χ3n) is 10.2. The normalized spacial score (nSPS) is 11.6. The van der Waals surface area contributed by atoms with Crippen LogP contribution in [0.4, 0.5) is 0 Å². The van der Waals surface area contributed by atoms with Gasteiger partial charge in [-0.05, 0) is 36.1 Å². The minimum absolute atomic E-state index is 0.294. The summed E-state index contributed by atoms with van der Waals surface area (Å²) in [7, 11) is 0. The molecule has 298 valence electrons. The summed E-state index contributed by atoms with van der Waals surface area (Å²) in [5, 5.41) is 0. The monoisotopic (exact) mass is 723 g/mol. The minimum Gasteiger partial charge on any atom is -0.463 e. The lowest BCUT2D eigenvalue weighted by molar-refractivity contribution is -0.138. The number of rotatable bonds is 38. The Morgan fingerprint density at radius 1 is 0.365 bits per heavy atom. The average molecular weight is 723 g/mol. The molecule has 0 unspecified atom stereocenters. The molecule has 0 heterocycles. The second-order valence-electron chi connectivity index (χ2n) is 15.3. The van der Waals surface area contributed by atoms with Crippen LogP contribution in [0.25, 0.3) is 12.2 Å². The molecule has 1 rings (SSSR count). The van der Waals surface area contributed by atoms with Gasteiger partial charge in [-0.3, -0.25) is 0 Å². The Morgan fingerprint density at radius 2 is 0.577 bits per heavy atom. The van der Waals surface area contributed by atoms with Crippen molar-refractivity contribution in [3.63, 3.8) is 0 Å². The molecular formula is C48H82O4. The van der Waals surface area contributed by atoms with Crippen LogP contribution < -0.4 is 0 Å². The molecule has 1 aromatic carbocycles. The molecule has 0 atom stereocenters. The highest BCUT2D eigenvalue weighted by Crippen LogP contribution is 2.16. The molecule has 52 heavy (non-hydrogen) atoms. The second kappa shape index (κ2) is 38.4. The molecule has 4 heteroatoms. The predicted molar refractivity (Wildman–Crippen MR) is 226 cm³/mol. The van der Waals surface area contributed by atoms with E-state index in [1.54, 1.807) is 12.2 Å². The van der Waals surface area contributed by atoms with Gasteiger partial charge in [0.05, 0.1) is 13.2 Å². The molecule has 0 aliphatic carbocycles. The molecule has 1 aromatic rings. The van der Waals surface area contributed by atoms with Gasteiger partial charge in [0.1, 0.15) is 0 Å². The van der Waals surface area contributed by atoms with Crippen molar-refractivity contribution in [1.82, 2.24) is 0 Å². The zero-order valence-electron chi connectivity index (χ0n) is 34.3. The number of benzene rings is 1. The number of carbonyl (C=O) groups excluding carboxylic acids is 2. The molecule has 0 bridgehead atoms. The summed E-state index contributed by atoms with van der Waals surface area (Å²) in [5.74, 6) is -0.589. The van der Waals surface area contributed by atoms with Gasteiger partial charge < -0.3 is 9.47 Å². The van der Waals surface area contributed by atoms with Crippen molar-refractivity contribution in [2.24, 2.45) is 0 Å². The summed E-state index contributed by atoms with van der Waals surface area (Å²) in [6, 6.07) is 7.73. The molecule has 0 amide bonds. The van der Waals surface area contributed by atoms with E-state index in [0.717, 1.165) is 36.8 Å². The fraction of sp³-hybridized carbons (Fsp3) is 0.750. The number of esters is 2. The van der Waals surface area contributed by atoms with E-state index in [9.17, 15) is 9.59 Å². The summed E-state index contributed by atoms with van der Waals surface area (Å²) < 4.78 is 10.8. The Hall–Kier alpha value is -2.36. The number of unbranched alkanes of at least 4 members (excludes halogenated alkanes) is 30. The van der Waals surface area contributed by atoms with Gasteiger partial charge >= 0.3 is 11.9 Å².